The number of halogens is 4. The fourth-order valence-corrected chi connectivity index (χ4v) is 2.38. The summed E-state index contributed by atoms with van der Waals surface area (Å²) in [5.41, 5.74) is -0.0716. The number of benzene rings is 2. The number of hydrogen-bond acceptors (Lipinski definition) is 1. The molecule has 0 unspecified atom stereocenters. The van der Waals surface area contributed by atoms with Crippen molar-refractivity contribution in [1.29, 1.82) is 0 Å². The molecule has 0 aliphatic rings. The van der Waals surface area contributed by atoms with Gasteiger partial charge in [0.25, 0.3) is 0 Å². The monoisotopic (exact) mass is 342 g/mol. The van der Waals surface area contributed by atoms with Crippen LogP contribution in [0.1, 0.15) is 27.0 Å². The summed E-state index contributed by atoms with van der Waals surface area (Å²) in [6.07, 6.45) is 0. The number of rotatable bonds is 2. The zero-order valence-electron chi connectivity index (χ0n) is 10.7. The first-order valence-corrected chi connectivity index (χ1v) is 6.56. The highest BCUT2D eigenvalue weighted by Gasteiger charge is 2.21. The van der Waals surface area contributed by atoms with Gasteiger partial charge in [0, 0.05) is 10.0 Å². The second-order valence-electron chi connectivity index (χ2n) is 4.50. The highest BCUT2D eigenvalue weighted by molar-refractivity contribution is 9.10. The van der Waals surface area contributed by atoms with E-state index in [4.69, 9.17) is 0 Å². The van der Waals surface area contributed by atoms with Gasteiger partial charge >= 0.3 is 0 Å². The lowest BCUT2D eigenvalue weighted by Gasteiger charge is -2.08. The molecule has 2 rings (SSSR count). The van der Waals surface area contributed by atoms with Crippen LogP contribution in [0, 0.1) is 31.3 Å². The third-order valence-electron chi connectivity index (χ3n) is 2.93. The molecule has 0 spiro atoms. The fourth-order valence-electron chi connectivity index (χ4n) is 1.98. The van der Waals surface area contributed by atoms with E-state index in [0.717, 1.165) is 12.1 Å². The summed E-state index contributed by atoms with van der Waals surface area (Å²) >= 11 is 2.94. The topological polar surface area (TPSA) is 17.1 Å². The van der Waals surface area contributed by atoms with Gasteiger partial charge in [0.1, 0.15) is 17.5 Å². The number of hydrogen-bond donors (Lipinski definition) is 0. The van der Waals surface area contributed by atoms with Gasteiger partial charge in [0.05, 0.1) is 5.56 Å². The third kappa shape index (κ3) is 2.63. The van der Waals surface area contributed by atoms with Gasteiger partial charge in [-0.2, -0.15) is 0 Å². The second kappa shape index (κ2) is 5.40. The molecule has 0 aliphatic carbocycles. The predicted molar refractivity (Wildman–Crippen MR) is 73.4 cm³/mol. The first-order valence-electron chi connectivity index (χ1n) is 5.77. The average molecular weight is 343 g/mol. The Labute approximate surface area is 122 Å². The van der Waals surface area contributed by atoms with Crippen LogP contribution < -0.4 is 0 Å². The van der Waals surface area contributed by atoms with Gasteiger partial charge in [-0.15, -0.1) is 0 Å². The van der Waals surface area contributed by atoms with Crippen molar-refractivity contribution in [2.24, 2.45) is 0 Å². The molecule has 5 heteroatoms. The highest BCUT2D eigenvalue weighted by atomic mass is 79.9. The van der Waals surface area contributed by atoms with Crippen molar-refractivity contribution in [3.8, 4) is 0 Å². The first kappa shape index (κ1) is 14.8. The van der Waals surface area contributed by atoms with Crippen LogP contribution in [0.2, 0.25) is 0 Å². The summed E-state index contributed by atoms with van der Waals surface area (Å²) in [4.78, 5) is 12.2. The van der Waals surface area contributed by atoms with E-state index in [-0.39, 0.29) is 21.2 Å². The molecule has 2 aromatic carbocycles. The standard InChI is InChI=1S/C15H10BrF3O/c1-7-3-9(4-8(2)14(7)19)15(20)13-11(17)5-10(16)6-12(13)18/h3-6H,1-2H3. The Morgan fingerprint density at radius 3 is 1.85 bits per heavy atom. The van der Waals surface area contributed by atoms with Gasteiger partial charge in [-0.3, -0.25) is 4.79 Å². The van der Waals surface area contributed by atoms with Gasteiger partial charge < -0.3 is 0 Å². The van der Waals surface area contributed by atoms with Crippen molar-refractivity contribution in [3.63, 3.8) is 0 Å². The Kier molecular flexibility index (Phi) is 3.99. The highest BCUT2D eigenvalue weighted by Crippen LogP contribution is 2.24. The van der Waals surface area contributed by atoms with Crippen LogP contribution in [0.15, 0.2) is 28.7 Å². The minimum atomic E-state index is -0.957. The zero-order valence-corrected chi connectivity index (χ0v) is 12.3. The lowest BCUT2D eigenvalue weighted by molar-refractivity contribution is 0.103. The summed E-state index contributed by atoms with van der Waals surface area (Å²) in [5, 5.41) is 0. The number of aryl methyl sites for hydroxylation is 2. The van der Waals surface area contributed by atoms with Crippen molar-refractivity contribution >= 4 is 21.7 Å². The molecule has 0 saturated carbocycles. The van der Waals surface area contributed by atoms with Crippen LogP contribution in [0.5, 0.6) is 0 Å². The maximum absolute atomic E-state index is 13.8. The molecule has 20 heavy (non-hydrogen) atoms. The molecule has 0 atom stereocenters. The van der Waals surface area contributed by atoms with Gasteiger partial charge in [0.15, 0.2) is 5.78 Å². The minimum absolute atomic E-state index is 0.0570. The SMILES string of the molecule is Cc1cc(C(=O)c2c(F)cc(Br)cc2F)cc(C)c1F. The lowest BCUT2D eigenvalue weighted by Crippen LogP contribution is -2.09. The molecule has 0 fully saturated rings. The molecule has 0 aromatic heterocycles. The maximum atomic E-state index is 13.8. The van der Waals surface area contributed by atoms with Crippen LogP contribution in [-0.2, 0) is 0 Å². The van der Waals surface area contributed by atoms with Crippen LogP contribution in [0.25, 0.3) is 0 Å². The zero-order chi connectivity index (χ0) is 15.0. The lowest BCUT2D eigenvalue weighted by atomic mass is 9.98. The molecule has 104 valence electrons. The molecule has 0 N–H and O–H groups in total. The Morgan fingerprint density at radius 2 is 1.40 bits per heavy atom. The van der Waals surface area contributed by atoms with E-state index in [1.165, 1.54) is 26.0 Å². The largest absolute Gasteiger partial charge is 0.288 e. The summed E-state index contributed by atoms with van der Waals surface area (Å²) < 4.78 is 41.3. The normalized spacial score (nSPS) is 10.7. The van der Waals surface area contributed by atoms with E-state index in [1.807, 2.05) is 0 Å². The number of ketones is 1. The summed E-state index contributed by atoms with van der Waals surface area (Å²) in [7, 11) is 0. The fraction of sp³-hybridized carbons (Fsp3) is 0.133. The van der Waals surface area contributed by atoms with E-state index in [2.05, 4.69) is 15.9 Å². The predicted octanol–water partition coefficient (Wildman–Crippen LogP) is 4.71. The van der Waals surface area contributed by atoms with Crippen LogP contribution in [0.4, 0.5) is 13.2 Å². The van der Waals surface area contributed by atoms with Crippen molar-refractivity contribution < 1.29 is 18.0 Å². The van der Waals surface area contributed by atoms with Gasteiger partial charge in [0.2, 0.25) is 0 Å². The van der Waals surface area contributed by atoms with E-state index >= 15 is 0 Å². The smallest absolute Gasteiger partial charge is 0.198 e. The van der Waals surface area contributed by atoms with Crippen LogP contribution in [-0.4, -0.2) is 5.78 Å². The number of carbonyl (C=O) groups excluding carboxylic acids is 1. The third-order valence-corrected chi connectivity index (χ3v) is 3.39. The molecule has 0 heterocycles. The van der Waals surface area contributed by atoms with E-state index in [1.54, 1.807) is 0 Å². The molecular formula is C15H10BrF3O. The quantitative estimate of drug-likeness (QED) is 0.722. The molecule has 0 bridgehead atoms. The summed E-state index contributed by atoms with van der Waals surface area (Å²) in [6, 6.07) is 4.59. The van der Waals surface area contributed by atoms with Gasteiger partial charge in [-0.05, 0) is 49.2 Å². The summed E-state index contributed by atoms with van der Waals surface area (Å²) in [6.45, 7) is 2.99. The maximum Gasteiger partial charge on any atom is 0.198 e. The molecular weight excluding hydrogens is 333 g/mol. The van der Waals surface area contributed by atoms with Crippen molar-refractivity contribution in [2.75, 3.05) is 0 Å². The molecule has 0 aliphatic heterocycles. The Balaban J connectivity index is 2.58. The van der Waals surface area contributed by atoms with Crippen molar-refractivity contribution in [3.05, 3.63) is 68.4 Å². The summed E-state index contributed by atoms with van der Waals surface area (Å²) in [5.74, 6) is -3.15. The van der Waals surface area contributed by atoms with Crippen molar-refractivity contribution in [1.82, 2.24) is 0 Å². The number of carbonyl (C=O) groups is 1. The van der Waals surface area contributed by atoms with Crippen molar-refractivity contribution in [2.45, 2.75) is 13.8 Å². The van der Waals surface area contributed by atoms with Gasteiger partial charge in [-0.1, -0.05) is 15.9 Å². The molecule has 0 amide bonds. The van der Waals surface area contributed by atoms with E-state index < -0.39 is 28.8 Å². The Morgan fingerprint density at radius 1 is 0.950 bits per heavy atom. The van der Waals surface area contributed by atoms with Crippen LogP contribution in [0.3, 0.4) is 0 Å². The van der Waals surface area contributed by atoms with Crippen LogP contribution >= 0.6 is 15.9 Å². The minimum Gasteiger partial charge on any atom is -0.288 e. The average Bonchev–Trinajstić information content (AvgIpc) is 2.33. The first-order chi connectivity index (χ1) is 9.31. The van der Waals surface area contributed by atoms with E-state index in [9.17, 15) is 18.0 Å². The molecule has 1 nitrogen and oxygen atoms in total. The van der Waals surface area contributed by atoms with E-state index in [0.29, 0.717) is 0 Å². The Hall–Kier alpha value is -1.62. The van der Waals surface area contributed by atoms with Gasteiger partial charge in [-0.25, -0.2) is 13.2 Å². The Bertz CT molecular complexity index is 664. The molecule has 2 aromatic rings. The second-order valence-corrected chi connectivity index (χ2v) is 5.41. The molecule has 0 radical (unpaired) electrons. The molecule has 0 saturated heterocycles.